The van der Waals surface area contributed by atoms with Crippen LogP contribution in [0.25, 0.3) is 0 Å². The summed E-state index contributed by atoms with van der Waals surface area (Å²) in [6.45, 7) is 12.2. The van der Waals surface area contributed by atoms with E-state index in [1.165, 1.54) is 56.5 Å². The number of aliphatic hydroxyl groups is 7. The molecule has 8 rings (SSSR count). The van der Waals surface area contributed by atoms with Crippen molar-refractivity contribution < 1.29 is 68.9 Å². The number of aryl methyl sites for hydroxylation is 9. The molecule has 14 heteroatoms. The van der Waals surface area contributed by atoms with Crippen LogP contribution in [0, 0.1) is 58.3 Å². The van der Waals surface area contributed by atoms with Crippen LogP contribution in [0.4, 0.5) is 0 Å². The smallest absolute Gasteiger partial charge is 0.231 e. The third kappa shape index (κ3) is 37.3. The first-order valence-corrected chi connectivity index (χ1v) is 33.6. The van der Waals surface area contributed by atoms with E-state index in [-0.39, 0.29) is 46.4 Å². The van der Waals surface area contributed by atoms with Gasteiger partial charge in [0.2, 0.25) is 6.79 Å². The normalized spacial score (nSPS) is 10.3. The van der Waals surface area contributed by atoms with E-state index < -0.39 is 0 Å². The van der Waals surface area contributed by atoms with Crippen LogP contribution in [0.3, 0.4) is 0 Å². The summed E-state index contributed by atoms with van der Waals surface area (Å²) in [6, 6.07) is 46.8. The Kier molecular flexibility index (Phi) is 47.4. The standard InChI is InChI=1S/C13H16O2.2C12H18O2.C12H18O.C11H10O3.2C11H16O2/c1-10-8-12(6-4-5-7-14)9-13(15-3)11(10)2;1-10-6-7-11(5-3-4-8-13)9-12(10)14-2;1-10-7-11(5-3-4-6-13)9-12(8-10)14-2;1-11-6-8-12(9-7-11)5-3-2-4-10-13;12-6-2-1-3-9-4-5-10-11(7-9)14-8-13-10;1-13-11-8-3-2-6-10(11)7-4-5-9-12;1-13-11-7-4-6-10(9-11)5-2-3-8-12/h8-9,14H,5,7H2,1-3H3;6-7,9,13H,3-5,8H2,1-2H3;7-9,13H,3-6H2,1-2H3;6-9,13H,2-5,10H2,1H3;4-5,7,12H,2,6,8H2;2-3,6,8,12H,4-5,7,9H2,1H3;4,6-7,9,12H,2-3,5,8H2,1H3. The van der Waals surface area contributed by atoms with Crippen LogP contribution in [0.2, 0.25) is 0 Å². The van der Waals surface area contributed by atoms with E-state index in [1.807, 2.05) is 93.6 Å². The van der Waals surface area contributed by atoms with Gasteiger partial charge in [0.15, 0.2) is 11.5 Å². The lowest BCUT2D eigenvalue weighted by molar-refractivity contribution is 0.174. The molecular weight excluding hydrogens is 1210 g/mol. The van der Waals surface area contributed by atoms with Crippen LogP contribution in [-0.4, -0.2) is 124 Å². The Morgan fingerprint density at radius 1 is 0.344 bits per heavy atom. The minimum Gasteiger partial charge on any atom is -0.497 e. The van der Waals surface area contributed by atoms with E-state index >= 15 is 0 Å². The second-order valence-corrected chi connectivity index (χ2v) is 22.8. The Labute approximate surface area is 575 Å². The maximum atomic E-state index is 8.67. The second kappa shape index (κ2) is 54.1. The zero-order chi connectivity index (χ0) is 70.4. The summed E-state index contributed by atoms with van der Waals surface area (Å²) in [5.74, 6) is 17.8. The molecule has 1 aliphatic rings. The highest BCUT2D eigenvalue weighted by atomic mass is 16.7. The predicted molar refractivity (Wildman–Crippen MR) is 390 cm³/mol. The molecular formula is C82H112O14. The Balaban J connectivity index is 0.000000381. The number of benzene rings is 7. The number of aliphatic hydroxyl groups excluding tert-OH is 7. The van der Waals surface area contributed by atoms with Crippen LogP contribution >= 0.6 is 0 Å². The SMILES string of the molecule is COc1cc(C#CCCO)cc(C)c1C.COc1cc(C)cc(CCCCO)c1.COc1cc(CCCCO)ccc1C.COc1cccc(CCCCO)c1.COc1ccccc1CCCCO.Cc1ccc(CCCCCO)cc1.OCCC#Cc1ccc2c(c1)OCO2. The number of hydrogen-bond donors (Lipinski definition) is 7. The number of ether oxygens (including phenoxy) is 7. The lowest BCUT2D eigenvalue weighted by Crippen LogP contribution is -1.93. The van der Waals surface area contributed by atoms with Crippen molar-refractivity contribution in [2.45, 2.75) is 150 Å². The van der Waals surface area contributed by atoms with E-state index in [0.717, 1.165) is 153 Å². The first kappa shape index (κ1) is 84.1. The number of unbranched alkanes of at least 4 members (excludes halogenated alkanes) is 6. The van der Waals surface area contributed by atoms with Crippen molar-refractivity contribution in [2.75, 3.05) is 88.6 Å². The second-order valence-electron chi connectivity index (χ2n) is 22.8. The van der Waals surface area contributed by atoms with Gasteiger partial charge in [0.05, 0.1) is 48.8 Å². The molecule has 0 saturated carbocycles. The lowest BCUT2D eigenvalue weighted by atomic mass is 10.1. The Hall–Kier alpha value is -8.02. The van der Waals surface area contributed by atoms with Crippen molar-refractivity contribution >= 4 is 0 Å². The van der Waals surface area contributed by atoms with Gasteiger partial charge in [-0.2, -0.15) is 0 Å². The molecule has 0 aliphatic carbocycles. The summed E-state index contributed by atoms with van der Waals surface area (Å²) in [4.78, 5) is 0. The molecule has 524 valence electrons. The molecule has 0 fully saturated rings. The van der Waals surface area contributed by atoms with Crippen molar-refractivity contribution in [1.82, 2.24) is 0 Å². The predicted octanol–water partition coefficient (Wildman–Crippen LogP) is 14.6. The van der Waals surface area contributed by atoms with E-state index in [1.54, 1.807) is 35.5 Å². The average molecular weight is 1320 g/mol. The van der Waals surface area contributed by atoms with E-state index in [9.17, 15) is 0 Å². The molecule has 0 radical (unpaired) electrons. The van der Waals surface area contributed by atoms with Gasteiger partial charge in [-0.15, -0.1) is 0 Å². The lowest BCUT2D eigenvalue weighted by Gasteiger charge is -2.07. The van der Waals surface area contributed by atoms with Crippen molar-refractivity contribution in [3.63, 3.8) is 0 Å². The molecule has 0 unspecified atom stereocenters. The van der Waals surface area contributed by atoms with Crippen LogP contribution in [0.5, 0.6) is 40.2 Å². The number of hydrogen-bond acceptors (Lipinski definition) is 14. The molecule has 0 saturated heterocycles. The fraction of sp³-hybridized carbons (Fsp3) is 0.439. The van der Waals surface area contributed by atoms with Gasteiger partial charge in [0, 0.05) is 57.0 Å². The van der Waals surface area contributed by atoms with Crippen LogP contribution in [-0.2, 0) is 32.1 Å². The number of fused-ring (bicyclic) bond motifs is 1. The third-order valence-electron chi connectivity index (χ3n) is 15.0. The highest BCUT2D eigenvalue weighted by Gasteiger charge is 2.12. The van der Waals surface area contributed by atoms with E-state index in [4.69, 9.17) is 68.9 Å². The summed E-state index contributed by atoms with van der Waals surface area (Å²) in [5, 5.41) is 60.4. The van der Waals surface area contributed by atoms with Gasteiger partial charge in [-0.1, -0.05) is 108 Å². The maximum Gasteiger partial charge on any atom is 0.231 e. The first-order valence-electron chi connectivity index (χ1n) is 33.6. The molecule has 96 heavy (non-hydrogen) atoms. The minimum absolute atomic E-state index is 0.0948. The van der Waals surface area contributed by atoms with Gasteiger partial charge < -0.3 is 68.9 Å². The number of para-hydroxylation sites is 1. The summed E-state index contributed by atoms with van der Waals surface area (Å²) < 4.78 is 36.4. The quantitative estimate of drug-likeness (QED) is 0.0180. The maximum absolute atomic E-state index is 8.67. The molecule has 1 heterocycles. The number of rotatable bonds is 28. The van der Waals surface area contributed by atoms with Gasteiger partial charge >= 0.3 is 0 Å². The van der Waals surface area contributed by atoms with Gasteiger partial charge in [-0.25, -0.2) is 0 Å². The highest BCUT2D eigenvalue weighted by molar-refractivity contribution is 5.50. The molecule has 0 bridgehead atoms. The van der Waals surface area contributed by atoms with Crippen molar-refractivity contribution in [2.24, 2.45) is 0 Å². The number of methoxy groups -OCH3 is 5. The summed E-state index contributed by atoms with van der Waals surface area (Å²) in [5.41, 5.74) is 14.3. The van der Waals surface area contributed by atoms with Crippen LogP contribution in [0.1, 0.15) is 150 Å². The molecule has 14 nitrogen and oxygen atoms in total. The van der Waals surface area contributed by atoms with E-state index in [2.05, 4.69) is 104 Å². The first-order chi connectivity index (χ1) is 46.7. The minimum atomic E-state index is 0.0948. The summed E-state index contributed by atoms with van der Waals surface area (Å²) >= 11 is 0. The zero-order valence-corrected chi connectivity index (χ0v) is 59.2. The van der Waals surface area contributed by atoms with Crippen LogP contribution in [0.15, 0.2) is 140 Å². The fourth-order valence-corrected chi connectivity index (χ4v) is 9.49. The van der Waals surface area contributed by atoms with Crippen molar-refractivity contribution in [3.8, 4) is 63.9 Å². The molecule has 0 amide bonds. The Bertz CT molecular complexity index is 3280. The summed E-state index contributed by atoms with van der Waals surface area (Å²) in [7, 11) is 8.40. The monoisotopic (exact) mass is 1320 g/mol. The summed E-state index contributed by atoms with van der Waals surface area (Å²) in [6.07, 6.45) is 17.0. The van der Waals surface area contributed by atoms with Gasteiger partial charge in [0.25, 0.3) is 0 Å². The van der Waals surface area contributed by atoms with Gasteiger partial charge in [-0.05, 0) is 248 Å². The van der Waals surface area contributed by atoms with Gasteiger partial charge in [-0.3, -0.25) is 0 Å². The van der Waals surface area contributed by atoms with Crippen molar-refractivity contribution in [3.05, 3.63) is 206 Å². The van der Waals surface area contributed by atoms with Gasteiger partial charge in [0.1, 0.15) is 28.7 Å². The Morgan fingerprint density at radius 2 is 0.865 bits per heavy atom. The molecule has 1 aliphatic heterocycles. The van der Waals surface area contributed by atoms with Crippen LogP contribution < -0.4 is 33.2 Å². The highest BCUT2D eigenvalue weighted by Crippen LogP contribution is 2.32. The molecule has 0 atom stereocenters. The average Bonchev–Trinajstić information content (AvgIpc) is 2.46. The topological polar surface area (TPSA) is 206 Å². The largest absolute Gasteiger partial charge is 0.497 e. The Morgan fingerprint density at radius 3 is 1.46 bits per heavy atom. The molecule has 0 spiro atoms. The fourth-order valence-electron chi connectivity index (χ4n) is 9.49. The molecule has 7 aromatic carbocycles. The molecule has 7 aromatic rings. The van der Waals surface area contributed by atoms with Crippen molar-refractivity contribution in [1.29, 1.82) is 0 Å². The van der Waals surface area contributed by atoms with E-state index in [0.29, 0.717) is 19.4 Å². The molecule has 7 N–H and O–H groups in total. The third-order valence-corrected chi connectivity index (χ3v) is 15.0. The zero-order valence-electron chi connectivity index (χ0n) is 59.2. The molecule has 0 aromatic heterocycles.